The highest BCUT2D eigenvalue weighted by Gasteiger charge is 2.39. The molecule has 1 aliphatic carbocycles. The molecule has 0 amide bonds. The summed E-state index contributed by atoms with van der Waals surface area (Å²) in [6, 6.07) is 5.16. The van der Waals surface area contributed by atoms with Crippen molar-refractivity contribution in [1.82, 2.24) is 9.88 Å². The van der Waals surface area contributed by atoms with E-state index in [4.69, 9.17) is 17.0 Å². The van der Waals surface area contributed by atoms with Gasteiger partial charge in [-0.1, -0.05) is 12.2 Å². The number of piperazine rings is 1. The van der Waals surface area contributed by atoms with Gasteiger partial charge < -0.3 is 15.0 Å². The molecule has 1 unspecified atom stereocenters. The van der Waals surface area contributed by atoms with Gasteiger partial charge in [0.2, 0.25) is 0 Å². The molecule has 0 radical (unpaired) electrons. The van der Waals surface area contributed by atoms with E-state index in [9.17, 15) is 36.5 Å². The summed E-state index contributed by atoms with van der Waals surface area (Å²) in [6.45, 7) is 2.28. The van der Waals surface area contributed by atoms with Crippen LogP contribution in [0.4, 0.5) is 43.4 Å². The zero-order valence-corrected chi connectivity index (χ0v) is 21.9. The molecular weight excluding hydrogens is 564 g/mol. The van der Waals surface area contributed by atoms with E-state index in [-0.39, 0.29) is 17.8 Å². The van der Waals surface area contributed by atoms with Crippen molar-refractivity contribution in [2.24, 2.45) is 0 Å². The predicted molar refractivity (Wildman–Crippen MR) is 139 cm³/mol. The number of anilines is 2. The van der Waals surface area contributed by atoms with E-state index < -0.39 is 40.4 Å². The maximum atomic E-state index is 13.3. The van der Waals surface area contributed by atoms with Crippen LogP contribution in [-0.4, -0.2) is 64.7 Å². The lowest BCUT2D eigenvalue weighted by atomic mass is 9.92. The first-order chi connectivity index (χ1) is 18.8. The summed E-state index contributed by atoms with van der Waals surface area (Å²) < 4.78 is 84.4. The molecule has 1 saturated heterocycles. The van der Waals surface area contributed by atoms with E-state index in [1.807, 2.05) is 4.90 Å². The fraction of sp³-hybridized carbons (Fsp3) is 0.520. The smallest absolute Gasteiger partial charge is 0.382 e. The second-order valence-corrected chi connectivity index (χ2v) is 9.96. The van der Waals surface area contributed by atoms with Crippen LogP contribution in [0.3, 0.4) is 0 Å². The first-order valence-electron chi connectivity index (χ1n) is 12.6. The van der Waals surface area contributed by atoms with Crippen LogP contribution in [0.2, 0.25) is 0 Å². The minimum absolute atomic E-state index is 0.109. The highest BCUT2D eigenvalue weighted by molar-refractivity contribution is 7.79. The highest BCUT2D eigenvalue weighted by atomic mass is 32.1. The third-order valence-electron chi connectivity index (χ3n) is 7.07. The van der Waals surface area contributed by atoms with Gasteiger partial charge in [-0.15, -0.1) is 0 Å². The number of hydrogen-bond donors (Lipinski definition) is 1. The molecule has 0 bridgehead atoms. The average Bonchev–Trinajstić information content (AvgIpc) is 2.92. The zero-order valence-electron chi connectivity index (χ0n) is 21.1. The third kappa shape index (κ3) is 7.37. The Bertz CT molecular complexity index is 1180. The minimum atomic E-state index is -4.85. The number of aromatic nitrogens is 1. The minimum Gasteiger partial charge on any atom is -0.382 e. The van der Waals surface area contributed by atoms with E-state index in [0.717, 1.165) is 18.2 Å². The number of alkyl halides is 6. The van der Waals surface area contributed by atoms with Crippen LogP contribution in [0, 0.1) is 10.1 Å². The summed E-state index contributed by atoms with van der Waals surface area (Å²) in [7, 11) is 0. The van der Waals surface area contributed by atoms with E-state index in [1.54, 1.807) is 0 Å². The topological polar surface area (TPSA) is 83.8 Å². The maximum absolute atomic E-state index is 13.3. The van der Waals surface area contributed by atoms with Crippen molar-refractivity contribution in [3.8, 4) is 0 Å². The molecule has 0 spiro atoms. The Kier molecular flexibility index (Phi) is 9.15. The van der Waals surface area contributed by atoms with Crippen LogP contribution >= 0.6 is 12.2 Å². The van der Waals surface area contributed by atoms with Crippen molar-refractivity contribution in [2.75, 3.05) is 36.4 Å². The number of halogens is 6. The molecule has 1 aliphatic heterocycles. The number of nitrogens with one attached hydrogen (secondary N) is 1. The van der Waals surface area contributed by atoms with Gasteiger partial charge in [0.25, 0.3) is 5.69 Å². The summed E-state index contributed by atoms with van der Waals surface area (Å²) >= 11 is 5.20. The Morgan fingerprint density at radius 1 is 1.02 bits per heavy atom. The fourth-order valence-electron chi connectivity index (χ4n) is 4.97. The summed E-state index contributed by atoms with van der Waals surface area (Å²) in [5.74, 6) is 0. The van der Waals surface area contributed by atoms with Crippen LogP contribution in [-0.2, 0) is 17.1 Å². The van der Waals surface area contributed by atoms with E-state index in [1.165, 1.54) is 23.7 Å². The molecule has 15 heteroatoms. The molecule has 1 aromatic carbocycles. The van der Waals surface area contributed by atoms with Crippen LogP contribution in [0.15, 0.2) is 36.5 Å². The molecule has 1 aromatic heterocycles. The van der Waals surface area contributed by atoms with Gasteiger partial charge >= 0.3 is 12.4 Å². The molecule has 2 aliphatic rings. The molecule has 4 rings (SSSR count). The number of pyridine rings is 1. The van der Waals surface area contributed by atoms with Gasteiger partial charge in [-0.05, 0) is 49.9 Å². The summed E-state index contributed by atoms with van der Waals surface area (Å²) in [6.07, 6.45) is -6.11. The second-order valence-electron chi connectivity index (χ2n) is 9.69. The van der Waals surface area contributed by atoms with E-state index in [0.29, 0.717) is 57.5 Å². The standard InChI is InChI=1S/C25H27F6N5O3S/c26-24(27,28)20-13-17(3-7-21(20)36(37)38)33-16-1-5-19(6-2-16)39-23(15-40)35-11-9-34(10-12-35)18-4-8-22(32-14-18)25(29,30)31/h3-4,7-8,13-16,19,23,33H,1-2,5-6,9-12H2. The van der Waals surface area contributed by atoms with Crippen LogP contribution in [0.25, 0.3) is 0 Å². The monoisotopic (exact) mass is 591 g/mol. The molecule has 2 aromatic rings. The van der Waals surface area contributed by atoms with E-state index >= 15 is 0 Å². The zero-order chi connectivity index (χ0) is 29.1. The van der Waals surface area contributed by atoms with Gasteiger partial charge in [0, 0.05) is 49.3 Å². The fourth-order valence-corrected chi connectivity index (χ4v) is 5.20. The van der Waals surface area contributed by atoms with Gasteiger partial charge in [0.15, 0.2) is 0 Å². The molecule has 1 N–H and O–H groups in total. The van der Waals surface area contributed by atoms with Gasteiger partial charge in [-0.25, -0.2) is 4.98 Å². The molecule has 40 heavy (non-hydrogen) atoms. The van der Waals surface area contributed by atoms with Crippen LogP contribution < -0.4 is 10.2 Å². The number of benzene rings is 1. The molecule has 218 valence electrons. The predicted octanol–water partition coefficient (Wildman–Crippen LogP) is 5.92. The number of nitro groups is 1. The van der Waals surface area contributed by atoms with Crippen molar-refractivity contribution < 1.29 is 36.0 Å². The van der Waals surface area contributed by atoms with Gasteiger partial charge in [0.05, 0.1) is 22.9 Å². The number of rotatable bonds is 8. The van der Waals surface area contributed by atoms with Crippen LogP contribution in [0.5, 0.6) is 0 Å². The first kappa shape index (κ1) is 29.9. The Morgan fingerprint density at radius 3 is 2.23 bits per heavy atom. The number of thiocarbonyl (C=S) groups is 1. The van der Waals surface area contributed by atoms with Gasteiger partial charge in [-0.3, -0.25) is 15.0 Å². The third-order valence-corrected chi connectivity index (χ3v) is 7.30. The molecular formula is C25H27F6N5O3S. The van der Waals surface area contributed by atoms with Gasteiger partial charge in [0.1, 0.15) is 17.5 Å². The molecule has 1 saturated carbocycles. The summed E-state index contributed by atoms with van der Waals surface area (Å²) in [5, 5.41) is 15.6. The first-order valence-corrected chi connectivity index (χ1v) is 13.1. The van der Waals surface area contributed by atoms with Crippen molar-refractivity contribution in [1.29, 1.82) is 0 Å². The largest absolute Gasteiger partial charge is 0.433 e. The lowest BCUT2D eigenvalue weighted by Gasteiger charge is -2.40. The SMILES string of the molecule is O=[N+]([O-])c1ccc(NC2CCC(OC(C=S)N3CCN(c4ccc(C(F)(F)F)nc4)CC3)CC2)cc1C(F)(F)F. The molecule has 2 fully saturated rings. The quantitative estimate of drug-likeness (QED) is 0.176. The lowest BCUT2D eigenvalue weighted by Crippen LogP contribution is -2.52. The van der Waals surface area contributed by atoms with Crippen molar-refractivity contribution in [2.45, 2.75) is 56.4 Å². The molecule has 2 heterocycles. The average molecular weight is 592 g/mol. The Morgan fingerprint density at radius 2 is 1.70 bits per heavy atom. The molecule has 8 nitrogen and oxygen atoms in total. The number of ether oxygens (including phenoxy) is 1. The van der Waals surface area contributed by atoms with E-state index in [2.05, 4.69) is 15.2 Å². The number of nitro benzene ring substituents is 1. The van der Waals surface area contributed by atoms with Crippen LogP contribution in [0.1, 0.15) is 36.9 Å². The summed E-state index contributed by atoms with van der Waals surface area (Å²) in [4.78, 5) is 17.5. The normalized spacial score (nSPS) is 21.6. The summed E-state index contributed by atoms with van der Waals surface area (Å²) in [5.41, 5.74) is -2.45. The Labute approximate surface area is 231 Å². The number of hydrogen-bond acceptors (Lipinski definition) is 8. The van der Waals surface area contributed by atoms with Crippen molar-refractivity contribution in [3.05, 3.63) is 57.9 Å². The Balaban J connectivity index is 1.26. The van der Waals surface area contributed by atoms with Crippen molar-refractivity contribution in [3.63, 3.8) is 0 Å². The van der Waals surface area contributed by atoms with Gasteiger partial charge in [-0.2, -0.15) is 26.3 Å². The number of nitrogens with zero attached hydrogens (tertiary/aromatic N) is 4. The maximum Gasteiger partial charge on any atom is 0.433 e. The Hall–Kier alpha value is -3.04. The lowest BCUT2D eigenvalue weighted by molar-refractivity contribution is -0.388. The second kappa shape index (κ2) is 12.2. The van der Waals surface area contributed by atoms with Crippen molar-refractivity contribution >= 4 is 34.6 Å². The molecule has 1 atom stereocenters. The highest BCUT2D eigenvalue weighted by Crippen LogP contribution is 2.38.